The lowest BCUT2D eigenvalue weighted by Gasteiger charge is -2.20. The van der Waals surface area contributed by atoms with Crippen molar-refractivity contribution >= 4 is 37.8 Å². The van der Waals surface area contributed by atoms with Crippen molar-refractivity contribution in [2.24, 2.45) is 5.73 Å². The van der Waals surface area contributed by atoms with Gasteiger partial charge in [-0.25, -0.2) is 13.2 Å². The number of benzene rings is 1. The van der Waals surface area contributed by atoms with Crippen LogP contribution in [0, 0.1) is 0 Å². The standard InChI is InChI=1S/C12H15BrN2O5S/c1-2-5-15(7-11(14)16)21(19,20)10-4-3-8(12(17)18)6-9(10)13/h3-4,6H,2,5,7H2,1H3,(H2,14,16)(H,17,18). The van der Waals surface area contributed by atoms with Gasteiger partial charge in [0.05, 0.1) is 17.0 Å². The summed E-state index contributed by atoms with van der Waals surface area (Å²) < 4.78 is 26.1. The van der Waals surface area contributed by atoms with Gasteiger partial charge in [-0.1, -0.05) is 6.92 Å². The number of carbonyl (C=O) groups excluding carboxylic acids is 1. The topological polar surface area (TPSA) is 118 Å². The molecule has 3 N–H and O–H groups in total. The van der Waals surface area contributed by atoms with Crippen molar-refractivity contribution in [1.29, 1.82) is 0 Å². The lowest BCUT2D eigenvalue weighted by Crippen LogP contribution is -2.39. The van der Waals surface area contributed by atoms with Crippen molar-refractivity contribution in [3.8, 4) is 0 Å². The van der Waals surface area contributed by atoms with Crippen molar-refractivity contribution < 1.29 is 23.1 Å². The zero-order valence-corrected chi connectivity index (χ0v) is 13.6. The van der Waals surface area contributed by atoms with Gasteiger partial charge in [-0.2, -0.15) is 4.31 Å². The van der Waals surface area contributed by atoms with Crippen LogP contribution in [0.25, 0.3) is 0 Å². The summed E-state index contributed by atoms with van der Waals surface area (Å²) in [7, 11) is -3.94. The van der Waals surface area contributed by atoms with Gasteiger partial charge < -0.3 is 10.8 Å². The van der Waals surface area contributed by atoms with Gasteiger partial charge in [-0.3, -0.25) is 4.79 Å². The Morgan fingerprint density at radius 1 is 1.38 bits per heavy atom. The minimum Gasteiger partial charge on any atom is -0.478 e. The normalized spacial score (nSPS) is 11.6. The number of hydrogen-bond donors (Lipinski definition) is 2. The first kappa shape index (κ1) is 17.6. The lowest BCUT2D eigenvalue weighted by atomic mass is 10.2. The molecule has 9 heteroatoms. The third kappa shape index (κ3) is 4.26. The fourth-order valence-electron chi connectivity index (χ4n) is 1.69. The van der Waals surface area contributed by atoms with E-state index in [1.54, 1.807) is 6.92 Å². The quantitative estimate of drug-likeness (QED) is 0.734. The van der Waals surface area contributed by atoms with E-state index in [1.165, 1.54) is 18.2 Å². The molecule has 1 aromatic rings. The molecule has 7 nitrogen and oxygen atoms in total. The largest absolute Gasteiger partial charge is 0.478 e. The maximum Gasteiger partial charge on any atom is 0.335 e. The van der Waals surface area contributed by atoms with Crippen molar-refractivity contribution in [2.45, 2.75) is 18.2 Å². The fourth-order valence-corrected chi connectivity index (χ4v) is 4.23. The van der Waals surface area contributed by atoms with Gasteiger partial charge in [0.15, 0.2) is 0 Å². The number of carboxylic acids is 1. The summed E-state index contributed by atoms with van der Waals surface area (Å²) in [5, 5.41) is 8.87. The number of carbonyl (C=O) groups is 2. The van der Waals surface area contributed by atoms with E-state index in [-0.39, 0.29) is 21.5 Å². The van der Waals surface area contributed by atoms with Gasteiger partial charge >= 0.3 is 5.97 Å². The fraction of sp³-hybridized carbons (Fsp3) is 0.333. The summed E-state index contributed by atoms with van der Waals surface area (Å²) >= 11 is 3.05. The smallest absolute Gasteiger partial charge is 0.335 e. The predicted molar refractivity (Wildman–Crippen MR) is 79.3 cm³/mol. The van der Waals surface area contributed by atoms with E-state index < -0.39 is 28.4 Å². The van der Waals surface area contributed by atoms with Crippen LogP contribution in [0.4, 0.5) is 0 Å². The Morgan fingerprint density at radius 3 is 2.43 bits per heavy atom. The minimum atomic E-state index is -3.94. The summed E-state index contributed by atoms with van der Waals surface area (Å²) in [5.74, 6) is -1.92. The molecule has 0 radical (unpaired) electrons. The van der Waals surface area contributed by atoms with Crippen molar-refractivity contribution in [3.63, 3.8) is 0 Å². The maximum absolute atomic E-state index is 12.5. The summed E-state index contributed by atoms with van der Waals surface area (Å²) in [6, 6.07) is 3.57. The zero-order chi connectivity index (χ0) is 16.2. The van der Waals surface area contributed by atoms with Gasteiger partial charge in [-0.15, -0.1) is 0 Å². The Kier molecular flexibility index (Phi) is 5.87. The number of amides is 1. The summed E-state index contributed by atoms with van der Waals surface area (Å²) in [6.45, 7) is 1.48. The van der Waals surface area contributed by atoms with Crippen LogP contribution in [-0.2, 0) is 14.8 Å². The van der Waals surface area contributed by atoms with Crippen LogP contribution in [0.15, 0.2) is 27.6 Å². The van der Waals surface area contributed by atoms with E-state index in [0.717, 1.165) is 4.31 Å². The van der Waals surface area contributed by atoms with Gasteiger partial charge in [0, 0.05) is 11.0 Å². The number of rotatable bonds is 7. The van der Waals surface area contributed by atoms with Crippen LogP contribution < -0.4 is 5.73 Å². The molecule has 0 aliphatic heterocycles. The molecular weight excluding hydrogens is 364 g/mol. The van der Waals surface area contributed by atoms with E-state index in [2.05, 4.69) is 15.9 Å². The first-order chi connectivity index (χ1) is 9.70. The molecule has 0 fully saturated rings. The van der Waals surface area contributed by atoms with E-state index in [4.69, 9.17) is 10.8 Å². The molecule has 0 bridgehead atoms. The molecule has 1 aromatic carbocycles. The second-order valence-corrected chi connectivity index (χ2v) is 7.02. The highest BCUT2D eigenvalue weighted by Gasteiger charge is 2.27. The molecule has 0 aliphatic carbocycles. The number of primary amides is 1. The Labute approximate surface area is 130 Å². The van der Waals surface area contributed by atoms with Crippen LogP contribution in [-0.4, -0.2) is 42.8 Å². The summed E-state index contributed by atoms with van der Waals surface area (Å²) in [4.78, 5) is 21.8. The average molecular weight is 379 g/mol. The Balaban J connectivity index is 3.27. The molecule has 0 unspecified atom stereocenters. The second kappa shape index (κ2) is 7.01. The molecule has 1 rings (SSSR count). The first-order valence-corrected chi connectivity index (χ1v) is 8.24. The van der Waals surface area contributed by atoms with Crippen LogP contribution >= 0.6 is 15.9 Å². The third-order valence-corrected chi connectivity index (χ3v) is 5.42. The number of sulfonamides is 1. The number of nitrogens with two attached hydrogens (primary N) is 1. The van der Waals surface area contributed by atoms with Crippen LogP contribution in [0.3, 0.4) is 0 Å². The molecule has 21 heavy (non-hydrogen) atoms. The minimum absolute atomic E-state index is 0.0437. The number of hydrogen-bond acceptors (Lipinski definition) is 4. The van der Waals surface area contributed by atoms with Crippen LogP contribution in [0.5, 0.6) is 0 Å². The Hall–Kier alpha value is -1.45. The molecule has 1 amide bonds. The second-order valence-electron chi connectivity index (χ2n) is 4.26. The highest BCUT2D eigenvalue weighted by atomic mass is 79.9. The van der Waals surface area contributed by atoms with Crippen molar-refractivity contribution in [1.82, 2.24) is 4.31 Å². The zero-order valence-electron chi connectivity index (χ0n) is 11.2. The number of nitrogens with zero attached hydrogens (tertiary/aromatic N) is 1. The van der Waals surface area contributed by atoms with Gasteiger partial charge in [0.25, 0.3) is 0 Å². The van der Waals surface area contributed by atoms with E-state index in [0.29, 0.717) is 6.42 Å². The first-order valence-electron chi connectivity index (χ1n) is 6.01. The van der Waals surface area contributed by atoms with Gasteiger partial charge in [-0.05, 0) is 40.5 Å². The monoisotopic (exact) mass is 378 g/mol. The molecule has 0 saturated heterocycles. The number of halogens is 1. The molecule has 0 aromatic heterocycles. The molecule has 0 saturated carbocycles. The summed E-state index contributed by atoms with van der Waals surface area (Å²) in [6.07, 6.45) is 0.511. The van der Waals surface area contributed by atoms with Crippen LogP contribution in [0.2, 0.25) is 0 Å². The van der Waals surface area contributed by atoms with Gasteiger partial charge in [0.1, 0.15) is 0 Å². The van der Waals surface area contributed by atoms with E-state index >= 15 is 0 Å². The summed E-state index contributed by atoms with van der Waals surface area (Å²) in [5.41, 5.74) is 5.02. The lowest BCUT2D eigenvalue weighted by molar-refractivity contribution is -0.118. The van der Waals surface area contributed by atoms with E-state index in [9.17, 15) is 18.0 Å². The van der Waals surface area contributed by atoms with Crippen molar-refractivity contribution in [2.75, 3.05) is 13.1 Å². The van der Waals surface area contributed by atoms with Crippen molar-refractivity contribution in [3.05, 3.63) is 28.2 Å². The molecule has 0 atom stereocenters. The maximum atomic E-state index is 12.5. The molecule has 0 aliphatic rings. The van der Waals surface area contributed by atoms with E-state index in [1.807, 2.05) is 0 Å². The molecule has 0 heterocycles. The Morgan fingerprint density at radius 2 is 2.00 bits per heavy atom. The number of carboxylic acid groups (broad SMARTS) is 1. The highest BCUT2D eigenvalue weighted by Crippen LogP contribution is 2.26. The number of aromatic carboxylic acids is 1. The average Bonchev–Trinajstić information content (AvgIpc) is 2.37. The predicted octanol–water partition coefficient (Wildman–Crippen LogP) is 1.03. The Bertz CT molecular complexity index is 660. The van der Waals surface area contributed by atoms with Gasteiger partial charge in [0.2, 0.25) is 15.9 Å². The highest BCUT2D eigenvalue weighted by molar-refractivity contribution is 9.10. The molecule has 116 valence electrons. The SMILES string of the molecule is CCCN(CC(N)=O)S(=O)(=O)c1ccc(C(=O)O)cc1Br. The molecular formula is C12H15BrN2O5S. The third-order valence-electron chi connectivity index (χ3n) is 2.60. The van der Waals surface area contributed by atoms with Crippen LogP contribution in [0.1, 0.15) is 23.7 Å². The molecule has 0 spiro atoms.